The predicted molar refractivity (Wildman–Crippen MR) is 70.5 cm³/mol. The molecule has 0 aliphatic rings. The number of benzene rings is 1. The molecule has 1 rings (SSSR count). The first-order chi connectivity index (χ1) is 7.90. The SMILES string of the molecule is CCOc1cc([C@H](N)C(C)(C)C)ccc1OC. The summed E-state index contributed by atoms with van der Waals surface area (Å²) in [6.07, 6.45) is 0. The molecule has 1 aromatic carbocycles. The van der Waals surface area contributed by atoms with Crippen molar-refractivity contribution in [3.05, 3.63) is 23.8 Å². The van der Waals surface area contributed by atoms with E-state index in [4.69, 9.17) is 15.2 Å². The van der Waals surface area contributed by atoms with Gasteiger partial charge in [0.05, 0.1) is 13.7 Å². The van der Waals surface area contributed by atoms with E-state index in [-0.39, 0.29) is 11.5 Å². The third kappa shape index (κ3) is 3.37. The third-order valence-corrected chi connectivity index (χ3v) is 2.78. The minimum absolute atomic E-state index is 0.0207. The monoisotopic (exact) mass is 237 g/mol. The van der Waals surface area contributed by atoms with Gasteiger partial charge in [-0.15, -0.1) is 0 Å². The minimum atomic E-state index is -0.0207. The fourth-order valence-corrected chi connectivity index (χ4v) is 1.66. The molecule has 17 heavy (non-hydrogen) atoms. The van der Waals surface area contributed by atoms with E-state index in [1.807, 2.05) is 25.1 Å². The Balaban J connectivity index is 3.07. The molecule has 0 aromatic heterocycles. The summed E-state index contributed by atoms with van der Waals surface area (Å²) in [5.74, 6) is 1.50. The van der Waals surface area contributed by atoms with Gasteiger partial charge in [0, 0.05) is 6.04 Å². The van der Waals surface area contributed by atoms with Crippen LogP contribution in [0, 0.1) is 5.41 Å². The molecule has 3 heteroatoms. The van der Waals surface area contributed by atoms with E-state index in [2.05, 4.69) is 20.8 Å². The van der Waals surface area contributed by atoms with Crippen LogP contribution in [0.25, 0.3) is 0 Å². The lowest BCUT2D eigenvalue weighted by Crippen LogP contribution is -2.26. The van der Waals surface area contributed by atoms with Crippen LogP contribution in [0.1, 0.15) is 39.3 Å². The molecule has 0 saturated carbocycles. The van der Waals surface area contributed by atoms with Crippen LogP contribution in [-0.4, -0.2) is 13.7 Å². The highest BCUT2D eigenvalue weighted by Crippen LogP contribution is 2.35. The van der Waals surface area contributed by atoms with Gasteiger partial charge in [-0.05, 0) is 30.0 Å². The number of nitrogens with two attached hydrogens (primary N) is 1. The zero-order valence-electron chi connectivity index (χ0n) is 11.4. The molecule has 3 nitrogen and oxygen atoms in total. The molecule has 1 atom stereocenters. The van der Waals surface area contributed by atoms with E-state index in [1.54, 1.807) is 7.11 Å². The lowest BCUT2D eigenvalue weighted by atomic mass is 9.83. The Labute approximate surface area is 104 Å². The van der Waals surface area contributed by atoms with Crippen LogP contribution < -0.4 is 15.2 Å². The third-order valence-electron chi connectivity index (χ3n) is 2.78. The summed E-state index contributed by atoms with van der Waals surface area (Å²) in [4.78, 5) is 0. The molecular formula is C14H23NO2. The topological polar surface area (TPSA) is 44.5 Å². The van der Waals surface area contributed by atoms with Crippen molar-refractivity contribution in [2.24, 2.45) is 11.1 Å². The Morgan fingerprint density at radius 3 is 2.35 bits per heavy atom. The van der Waals surface area contributed by atoms with Crippen LogP contribution in [0.4, 0.5) is 0 Å². The van der Waals surface area contributed by atoms with Gasteiger partial charge in [-0.2, -0.15) is 0 Å². The van der Waals surface area contributed by atoms with Crippen molar-refractivity contribution in [1.82, 2.24) is 0 Å². The molecule has 0 heterocycles. The van der Waals surface area contributed by atoms with Crippen molar-refractivity contribution >= 4 is 0 Å². The van der Waals surface area contributed by atoms with Crippen molar-refractivity contribution < 1.29 is 9.47 Å². The first kappa shape index (κ1) is 13.8. The van der Waals surface area contributed by atoms with Gasteiger partial charge in [-0.3, -0.25) is 0 Å². The van der Waals surface area contributed by atoms with Crippen LogP contribution in [0.2, 0.25) is 0 Å². The number of rotatable bonds is 4. The fourth-order valence-electron chi connectivity index (χ4n) is 1.66. The quantitative estimate of drug-likeness (QED) is 0.875. The smallest absolute Gasteiger partial charge is 0.161 e. The first-order valence-corrected chi connectivity index (χ1v) is 5.96. The van der Waals surface area contributed by atoms with Gasteiger partial charge in [0.2, 0.25) is 0 Å². The van der Waals surface area contributed by atoms with Crippen molar-refractivity contribution in [3.63, 3.8) is 0 Å². The van der Waals surface area contributed by atoms with Gasteiger partial charge in [-0.1, -0.05) is 26.8 Å². The van der Waals surface area contributed by atoms with E-state index >= 15 is 0 Å². The second kappa shape index (κ2) is 5.41. The maximum atomic E-state index is 6.23. The van der Waals surface area contributed by atoms with Gasteiger partial charge in [-0.25, -0.2) is 0 Å². The molecule has 0 aliphatic heterocycles. The van der Waals surface area contributed by atoms with E-state index in [0.29, 0.717) is 6.61 Å². The van der Waals surface area contributed by atoms with Crippen molar-refractivity contribution in [2.75, 3.05) is 13.7 Å². The second-order valence-corrected chi connectivity index (χ2v) is 5.19. The van der Waals surface area contributed by atoms with Crippen LogP contribution in [-0.2, 0) is 0 Å². The standard InChI is InChI=1S/C14H23NO2/c1-6-17-12-9-10(7-8-11(12)16-5)13(15)14(2,3)4/h7-9,13H,6,15H2,1-5H3/t13-/m0/s1. The Morgan fingerprint density at radius 2 is 1.88 bits per heavy atom. The molecule has 0 radical (unpaired) electrons. The van der Waals surface area contributed by atoms with Crippen LogP contribution in [0.3, 0.4) is 0 Å². The molecule has 0 amide bonds. The van der Waals surface area contributed by atoms with Crippen molar-refractivity contribution in [3.8, 4) is 11.5 Å². The average molecular weight is 237 g/mol. The molecule has 0 unspecified atom stereocenters. The molecule has 0 aliphatic carbocycles. The van der Waals surface area contributed by atoms with E-state index in [9.17, 15) is 0 Å². The Kier molecular flexibility index (Phi) is 4.40. The zero-order chi connectivity index (χ0) is 13.1. The van der Waals surface area contributed by atoms with Gasteiger partial charge in [0.1, 0.15) is 0 Å². The molecule has 0 spiro atoms. The molecule has 0 saturated heterocycles. The second-order valence-electron chi connectivity index (χ2n) is 5.19. The highest BCUT2D eigenvalue weighted by molar-refractivity contribution is 5.44. The summed E-state index contributed by atoms with van der Waals surface area (Å²) in [6.45, 7) is 8.95. The Hall–Kier alpha value is -1.22. The van der Waals surface area contributed by atoms with Gasteiger partial charge < -0.3 is 15.2 Å². The van der Waals surface area contributed by atoms with E-state index in [1.165, 1.54) is 0 Å². The summed E-state index contributed by atoms with van der Waals surface area (Å²) in [6, 6.07) is 5.86. The van der Waals surface area contributed by atoms with Crippen molar-refractivity contribution in [2.45, 2.75) is 33.7 Å². The molecule has 0 bridgehead atoms. The number of hydrogen-bond donors (Lipinski definition) is 1. The molecule has 0 fully saturated rings. The highest BCUT2D eigenvalue weighted by Gasteiger charge is 2.23. The summed E-state index contributed by atoms with van der Waals surface area (Å²) in [5.41, 5.74) is 7.33. The fraction of sp³-hybridized carbons (Fsp3) is 0.571. The van der Waals surface area contributed by atoms with Gasteiger partial charge in [0.25, 0.3) is 0 Å². The Morgan fingerprint density at radius 1 is 1.24 bits per heavy atom. The predicted octanol–water partition coefficient (Wildman–Crippen LogP) is 3.14. The lowest BCUT2D eigenvalue weighted by molar-refractivity contribution is 0.304. The van der Waals surface area contributed by atoms with Gasteiger partial charge >= 0.3 is 0 Å². The number of ether oxygens (including phenoxy) is 2. The summed E-state index contributed by atoms with van der Waals surface area (Å²) >= 11 is 0. The number of hydrogen-bond acceptors (Lipinski definition) is 3. The summed E-state index contributed by atoms with van der Waals surface area (Å²) in [5, 5.41) is 0. The minimum Gasteiger partial charge on any atom is -0.493 e. The van der Waals surface area contributed by atoms with E-state index < -0.39 is 0 Å². The normalized spacial score (nSPS) is 13.3. The highest BCUT2D eigenvalue weighted by atomic mass is 16.5. The first-order valence-electron chi connectivity index (χ1n) is 5.96. The zero-order valence-corrected chi connectivity index (χ0v) is 11.4. The maximum Gasteiger partial charge on any atom is 0.161 e. The van der Waals surface area contributed by atoms with E-state index in [0.717, 1.165) is 17.1 Å². The van der Waals surface area contributed by atoms with Gasteiger partial charge in [0.15, 0.2) is 11.5 Å². The van der Waals surface area contributed by atoms with Crippen LogP contribution >= 0.6 is 0 Å². The molecule has 2 N–H and O–H groups in total. The van der Waals surface area contributed by atoms with Crippen LogP contribution in [0.15, 0.2) is 18.2 Å². The molecular weight excluding hydrogens is 214 g/mol. The molecule has 96 valence electrons. The largest absolute Gasteiger partial charge is 0.493 e. The van der Waals surface area contributed by atoms with Crippen LogP contribution in [0.5, 0.6) is 11.5 Å². The average Bonchev–Trinajstić information content (AvgIpc) is 2.27. The summed E-state index contributed by atoms with van der Waals surface area (Å²) < 4.78 is 10.8. The summed E-state index contributed by atoms with van der Waals surface area (Å²) in [7, 11) is 1.64. The lowest BCUT2D eigenvalue weighted by Gasteiger charge is -2.28. The molecule has 1 aromatic rings. The van der Waals surface area contributed by atoms with Crippen molar-refractivity contribution in [1.29, 1.82) is 0 Å². The Bertz CT molecular complexity index is 369. The maximum absolute atomic E-state index is 6.23. The number of methoxy groups -OCH3 is 1.